The van der Waals surface area contributed by atoms with E-state index in [2.05, 4.69) is 0 Å². The minimum atomic E-state index is -5.06. The van der Waals surface area contributed by atoms with Gasteiger partial charge < -0.3 is 5.32 Å². The van der Waals surface area contributed by atoms with Gasteiger partial charge in [-0.15, -0.1) is 0 Å². The number of nitrogens with zero attached hydrogens (tertiary/aromatic N) is 1. The van der Waals surface area contributed by atoms with Crippen LogP contribution in [-0.2, 0) is 22.2 Å². The molecule has 0 aliphatic carbocycles. The van der Waals surface area contributed by atoms with Crippen molar-refractivity contribution in [1.29, 1.82) is 5.26 Å². The molecular weight excluding hydrogens is 422 g/mol. The van der Waals surface area contributed by atoms with E-state index in [4.69, 9.17) is 5.26 Å². The first kappa shape index (κ1) is 22.3. The monoisotopic (exact) mass is 434 g/mol. The van der Waals surface area contributed by atoms with Gasteiger partial charge >= 0.3 is 12.4 Å². The highest BCUT2D eigenvalue weighted by atomic mass is 32.2. The molecule has 0 bridgehead atoms. The summed E-state index contributed by atoms with van der Waals surface area (Å²) in [7, 11) is -4.32. The van der Waals surface area contributed by atoms with E-state index in [1.54, 1.807) is 6.92 Å². The molecule has 154 valence electrons. The van der Waals surface area contributed by atoms with E-state index in [0.717, 1.165) is 5.56 Å². The first-order valence-corrected chi connectivity index (χ1v) is 9.21. The Morgan fingerprint density at radius 3 is 1.86 bits per heavy atom. The molecule has 0 unspecified atom stereocenters. The maximum absolute atomic E-state index is 12.9. The van der Waals surface area contributed by atoms with Crippen molar-refractivity contribution in [2.75, 3.05) is 5.32 Å². The van der Waals surface area contributed by atoms with Crippen LogP contribution in [0.3, 0.4) is 0 Å². The van der Waals surface area contributed by atoms with Crippen LogP contribution in [-0.4, -0.2) is 8.42 Å². The van der Waals surface area contributed by atoms with Gasteiger partial charge in [-0.25, -0.2) is 8.42 Å². The van der Waals surface area contributed by atoms with E-state index < -0.39 is 43.9 Å². The van der Waals surface area contributed by atoms with Gasteiger partial charge in [0.2, 0.25) is 9.84 Å². The molecule has 2 rings (SSSR count). The van der Waals surface area contributed by atoms with E-state index in [1.807, 2.05) is 5.32 Å². The fraction of sp³-hybridized carbons (Fsp3) is 0.167. The number of rotatable bonds is 4. The second-order valence-electron chi connectivity index (χ2n) is 5.88. The van der Waals surface area contributed by atoms with Gasteiger partial charge in [-0.3, -0.25) is 0 Å². The van der Waals surface area contributed by atoms with E-state index in [-0.39, 0.29) is 11.0 Å². The van der Waals surface area contributed by atoms with Crippen molar-refractivity contribution in [2.24, 2.45) is 0 Å². The quantitative estimate of drug-likeness (QED) is 0.525. The van der Waals surface area contributed by atoms with Gasteiger partial charge in [0.05, 0.1) is 16.0 Å². The Morgan fingerprint density at radius 1 is 0.966 bits per heavy atom. The van der Waals surface area contributed by atoms with Crippen molar-refractivity contribution >= 4 is 15.5 Å². The summed E-state index contributed by atoms with van der Waals surface area (Å²) >= 11 is 0. The van der Waals surface area contributed by atoms with Gasteiger partial charge in [-0.05, 0) is 37.3 Å². The highest BCUT2D eigenvalue weighted by Gasteiger charge is 2.37. The molecule has 0 aliphatic heterocycles. The standard InChI is InChI=1S/C18H12F6N2O2S/c1-11-2-4-15(5-3-11)29(27,28)16(9-25)10-26-14-7-12(17(19,20)21)6-13(8-14)18(22,23)24/h2-8,10,26H,1H3/b16-10+. The van der Waals surface area contributed by atoms with Crippen LogP contribution in [0.1, 0.15) is 16.7 Å². The average molecular weight is 434 g/mol. The molecule has 0 amide bonds. The Morgan fingerprint density at radius 2 is 1.45 bits per heavy atom. The van der Waals surface area contributed by atoms with E-state index >= 15 is 0 Å². The molecule has 29 heavy (non-hydrogen) atoms. The minimum absolute atomic E-state index is 0.0663. The minimum Gasteiger partial charge on any atom is -0.360 e. The van der Waals surface area contributed by atoms with Crippen molar-refractivity contribution in [3.63, 3.8) is 0 Å². The number of hydrogen-bond donors (Lipinski definition) is 1. The van der Waals surface area contributed by atoms with Crippen LogP contribution in [0.15, 0.2) is 58.5 Å². The zero-order valence-electron chi connectivity index (χ0n) is 14.6. The van der Waals surface area contributed by atoms with E-state index in [1.165, 1.54) is 30.3 Å². The number of anilines is 1. The third-order valence-electron chi connectivity index (χ3n) is 3.69. The van der Waals surface area contributed by atoms with Gasteiger partial charge in [0.25, 0.3) is 0 Å². The molecule has 2 aromatic rings. The number of aryl methyl sites for hydroxylation is 1. The zero-order valence-corrected chi connectivity index (χ0v) is 15.4. The Labute approximate surface area is 162 Å². The Bertz CT molecular complexity index is 1050. The summed E-state index contributed by atoms with van der Waals surface area (Å²) in [6.07, 6.45) is -9.58. The summed E-state index contributed by atoms with van der Waals surface area (Å²) in [5.74, 6) is 0. The number of nitrogens with one attached hydrogen (secondary N) is 1. The van der Waals surface area contributed by atoms with Crippen molar-refractivity contribution in [3.05, 3.63) is 70.3 Å². The number of benzene rings is 2. The third-order valence-corrected chi connectivity index (χ3v) is 5.37. The summed E-state index contributed by atoms with van der Waals surface area (Å²) in [5, 5.41) is 11.2. The number of sulfone groups is 1. The number of nitriles is 1. The van der Waals surface area contributed by atoms with E-state index in [9.17, 15) is 34.8 Å². The molecule has 0 fully saturated rings. The fourth-order valence-electron chi connectivity index (χ4n) is 2.20. The van der Waals surface area contributed by atoms with Crippen molar-refractivity contribution in [3.8, 4) is 6.07 Å². The second-order valence-corrected chi connectivity index (χ2v) is 7.79. The lowest BCUT2D eigenvalue weighted by Gasteiger charge is -2.14. The fourth-order valence-corrected chi connectivity index (χ4v) is 3.28. The third kappa shape index (κ3) is 5.29. The Kier molecular flexibility index (Phi) is 5.99. The molecule has 0 aliphatic rings. The lowest BCUT2D eigenvalue weighted by atomic mass is 10.1. The predicted octanol–water partition coefficient (Wildman–Crippen LogP) is 5.28. The molecule has 11 heteroatoms. The van der Waals surface area contributed by atoms with E-state index in [0.29, 0.717) is 18.3 Å². The van der Waals surface area contributed by atoms with Crippen LogP contribution in [0.5, 0.6) is 0 Å². The van der Waals surface area contributed by atoms with Gasteiger partial charge in [-0.2, -0.15) is 31.6 Å². The molecule has 0 spiro atoms. The van der Waals surface area contributed by atoms with Crippen LogP contribution in [0.4, 0.5) is 32.0 Å². The lowest BCUT2D eigenvalue weighted by molar-refractivity contribution is -0.143. The van der Waals surface area contributed by atoms with Gasteiger partial charge in [-0.1, -0.05) is 17.7 Å². The van der Waals surface area contributed by atoms with Gasteiger partial charge in [0.1, 0.15) is 6.07 Å². The van der Waals surface area contributed by atoms with Crippen molar-refractivity contribution < 1.29 is 34.8 Å². The first-order chi connectivity index (χ1) is 13.2. The largest absolute Gasteiger partial charge is 0.416 e. The van der Waals surface area contributed by atoms with Crippen LogP contribution in [0.25, 0.3) is 0 Å². The molecule has 4 nitrogen and oxygen atoms in total. The molecule has 2 aromatic carbocycles. The average Bonchev–Trinajstić information content (AvgIpc) is 2.60. The second kappa shape index (κ2) is 7.79. The first-order valence-electron chi connectivity index (χ1n) is 7.73. The molecule has 0 saturated carbocycles. The number of allylic oxidation sites excluding steroid dienone is 1. The van der Waals surface area contributed by atoms with Gasteiger partial charge in [0.15, 0.2) is 4.91 Å². The highest BCUT2D eigenvalue weighted by Crippen LogP contribution is 2.37. The van der Waals surface area contributed by atoms with Crippen molar-refractivity contribution in [1.82, 2.24) is 0 Å². The summed E-state index contributed by atoms with van der Waals surface area (Å²) < 4.78 is 102. The summed E-state index contributed by atoms with van der Waals surface area (Å²) in [6.45, 7) is 1.70. The smallest absolute Gasteiger partial charge is 0.360 e. The normalized spacial score (nSPS) is 13.1. The Hall–Kier alpha value is -3.00. The van der Waals surface area contributed by atoms with Crippen molar-refractivity contribution in [2.45, 2.75) is 24.2 Å². The molecule has 0 heterocycles. The molecule has 1 N–H and O–H groups in total. The molecule has 0 radical (unpaired) electrons. The van der Waals surface area contributed by atoms with Crippen LogP contribution < -0.4 is 5.32 Å². The summed E-state index contributed by atoms with van der Waals surface area (Å²) in [4.78, 5) is -1.13. The number of halogens is 6. The SMILES string of the molecule is Cc1ccc(S(=O)(=O)/C(C#N)=C/Nc2cc(C(F)(F)F)cc(C(F)(F)F)c2)cc1. The molecule has 0 aromatic heterocycles. The Balaban J connectivity index is 2.47. The molecule has 0 saturated heterocycles. The summed E-state index contributed by atoms with van der Waals surface area (Å²) in [5.41, 5.74) is -3.10. The van der Waals surface area contributed by atoms with Crippen LogP contribution >= 0.6 is 0 Å². The topological polar surface area (TPSA) is 70.0 Å². The van der Waals surface area contributed by atoms with Gasteiger partial charge in [0, 0.05) is 11.9 Å². The predicted molar refractivity (Wildman–Crippen MR) is 92.1 cm³/mol. The zero-order chi connectivity index (χ0) is 22.0. The van der Waals surface area contributed by atoms with Crippen LogP contribution in [0, 0.1) is 18.3 Å². The number of alkyl halides is 6. The van der Waals surface area contributed by atoms with Crippen LogP contribution in [0.2, 0.25) is 0 Å². The molecule has 0 atom stereocenters. The molecular formula is C18H12F6N2O2S. The number of hydrogen-bond acceptors (Lipinski definition) is 4. The maximum Gasteiger partial charge on any atom is 0.416 e. The highest BCUT2D eigenvalue weighted by molar-refractivity contribution is 7.95. The lowest BCUT2D eigenvalue weighted by Crippen LogP contribution is -2.12. The maximum atomic E-state index is 12.9. The summed E-state index contributed by atoms with van der Waals surface area (Å²) in [6, 6.07) is 7.45.